The Bertz CT molecular complexity index is 2030. The summed E-state index contributed by atoms with van der Waals surface area (Å²) < 4.78 is 14.6. The van der Waals surface area contributed by atoms with Gasteiger partial charge in [-0.1, -0.05) is 81.9 Å². The maximum absolute atomic E-state index is 14.0. The van der Waals surface area contributed by atoms with Gasteiger partial charge in [0.25, 0.3) is 11.5 Å². The Kier molecular flexibility index (Phi) is 8.58. The summed E-state index contributed by atoms with van der Waals surface area (Å²) in [4.78, 5) is 33.0. The number of nitrogens with zero attached hydrogens (tertiary/aromatic N) is 2. The fourth-order valence-corrected chi connectivity index (χ4v) is 6.33. The van der Waals surface area contributed by atoms with E-state index < -0.39 is 6.04 Å². The maximum atomic E-state index is 14.0. The van der Waals surface area contributed by atoms with Crippen molar-refractivity contribution >= 4 is 44.9 Å². The Hall–Kier alpha value is -4.73. The first-order chi connectivity index (χ1) is 21.4. The number of halogens is 1. The van der Waals surface area contributed by atoms with Crippen LogP contribution in [0.15, 0.2) is 129 Å². The number of ether oxygens (including phenoxy) is 2. The fourth-order valence-electron chi connectivity index (χ4n) is 5.02. The van der Waals surface area contributed by atoms with E-state index in [2.05, 4.69) is 21.2 Å². The quantitative estimate of drug-likeness (QED) is 0.213. The predicted octanol–water partition coefficient (Wildman–Crippen LogP) is 6.22. The van der Waals surface area contributed by atoms with E-state index >= 15 is 0 Å². The number of nitrogens with one attached hydrogen (secondary N) is 1. The molecule has 1 amide bonds. The molecule has 0 unspecified atom stereocenters. The molecule has 220 valence electrons. The van der Waals surface area contributed by atoms with Crippen LogP contribution in [0.1, 0.15) is 29.7 Å². The van der Waals surface area contributed by atoms with Crippen LogP contribution < -0.4 is 29.7 Å². The zero-order chi connectivity index (χ0) is 30.6. The number of carbonyl (C=O) groups excluding carboxylic acids is 1. The third-order valence-electron chi connectivity index (χ3n) is 7.20. The molecule has 1 N–H and O–H groups in total. The summed E-state index contributed by atoms with van der Waals surface area (Å²) in [5, 5.41) is 2.97. The normalized spacial score (nSPS) is 14.5. The molecule has 4 aromatic carbocycles. The number of thiazole rings is 1. The largest absolute Gasteiger partial charge is 0.497 e. The van der Waals surface area contributed by atoms with Gasteiger partial charge >= 0.3 is 0 Å². The lowest BCUT2D eigenvalue weighted by atomic mass is 9.95. The molecular formula is C35H28BrN3O4S. The molecule has 0 aliphatic carbocycles. The van der Waals surface area contributed by atoms with Crippen molar-refractivity contribution in [2.45, 2.75) is 19.6 Å². The van der Waals surface area contributed by atoms with Gasteiger partial charge in [0.15, 0.2) is 4.80 Å². The smallest absolute Gasteiger partial charge is 0.271 e. The number of para-hydroxylation sites is 1. The second-order valence-electron chi connectivity index (χ2n) is 10.2. The van der Waals surface area contributed by atoms with Crippen molar-refractivity contribution in [1.29, 1.82) is 0 Å². The molecule has 7 nitrogen and oxygen atoms in total. The number of rotatable bonds is 8. The molecule has 1 aliphatic heterocycles. The molecule has 2 heterocycles. The minimum absolute atomic E-state index is 0.227. The van der Waals surface area contributed by atoms with Gasteiger partial charge in [-0.3, -0.25) is 14.2 Å². The first-order valence-corrected chi connectivity index (χ1v) is 15.5. The lowest BCUT2D eigenvalue weighted by molar-refractivity contribution is -0.113. The third-order valence-corrected chi connectivity index (χ3v) is 8.72. The standard InChI is InChI=1S/C35H28BrN3O4S/c1-22-31(33(40)38-27-8-4-3-5-9-27)32(25-7-6-10-29(20-25)42-2)39-34(41)30(44-35(39)37-22)19-23-13-17-28(18-14-23)43-21-24-11-15-26(36)16-12-24/h3-20,32H,21H2,1-2H3,(H,38,40)/b30-19-/t32-/m0/s1. The molecule has 0 saturated heterocycles. The molecule has 0 saturated carbocycles. The first-order valence-electron chi connectivity index (χ1n) is 13.9. The highest BCUT2D eigenvalue weighted by molar-refractivity contribution is 9.10. The van der Waals surface area contributed by atoms with E-state index in [1.165, 1.54) is 11.3 Å². The molecule has 44 heavy (non-hydrogen) atoms. The SMILES string of the molecule is COc1cccc([C@H]2C(C(=O)Nc3ccccc3)=C(C)N=c3s/c(=C\c4ccc(OCc5ccc(Br)cc5)cc4)c(=O)n32)c1. The van der Waals surface area contributed by atoms with Gasteiger partial charge in [0, 0.05) is 10.2 Å². The Labute approximate surface area is 266 Å². The van der Waals surface area contributed by atoms with Gasteiger partial charge in [0.2, 0.25) is 0 Å². The van der Waals surface area contributed by atoms with Crippen LogP contribution in [0.2, 0.25) is 0 Å². The maximum Gasteiger partial charge on any atom is 0.271 e. The Morgan fingerprint density at radius 1 is 0.977 bits per heavy atom. The lowest BCUT2D eigenvalue weighted by Gasteiger charge is -2.25. The summed E-state index contributed by atoms with van der Waals surface area (Å²) in [6.45, 7) is 2.26. The number of methoxy groups -OCH3 is 1. The van der Waals surface area contributed by atoms with E-state index in [-0.39, 0.29) is 11.5 Å². The highest BCUT2D eigenvalue weighted by atomic mass is 79.9. The van der Waals surface area contributed by atoms with Gasteiger partial charge < -0.3 is 14.8 Å². The molecule has 1 aromatic heterocycles. The summed E-state index contributed by atoms with van der Waals surface area (Å²) in [6, 6.07) is 31.6. The number of amides is 1. The van der Waals surface area contributed by atoms with Crippen molar-refractivity contribution in [2.75, 3.05) is 12.4 Å². The Morgan fingerprint density at radius 2 is 1.73 bits per heavy atom. The monoisotopic (exact) mass is 665 g/mol. The summed E-state index contributed by atoms with van der Waals surface area (Å²) in [6.07, 6.45) is 1.84. The average molecular weight is 667 g/mol. The van der Waals surface area contributed by atoms with E-state index in [1.807, 2.05) is 109 Å². The van der Waals surface area contributed by atoms with Crippen molar-refractivity contribution in [2.24, 2.45) is 4.99 Å². The van der Waals surface area contributed by atoms with Crippen LogP contribution in [-0.2, 0) is 11.4 Å². The minimum Gasteiger partial charge on any atom is -0.497 e. The van der Waals surface area contributed by atoms with Crippen molar-refractivity contribution in [3.8, 4) is 11.5 Å². The second-order valence-corrected chi connectivity index (χ2v) is 12.1. The summed E-state index contributed by atoms with van der Waals surface area (Å²) in [5.41, 5.74) is 4.04. The predicted molar refractivity (Wildman–Crippen MR) is 177 cm³/mol. The van der Waals surface area contributed by atoms with Crippen molar-refractivity contribution < 1.29 is 14.3 Å². The molecule has 1 aliphatic rings. The first kappa shape index (κ1) is 29.3. The van der Waals surface area contributed by atoms with Gasteiger partial charge in [0.1, 0.15) is 18.1 Å². The highest BCUT2D eigenvalue weighted by Gasteiger charge is 2.32. The van der Waals surface area contributed by atoms with Crippen molar-refractivity contribution in [1.82, 2.24) is 4.57 Å². The molecule has 9 heteroatoms. The molecule has 6 rings (SSSR count). The number of anilines is 1. The summed E-state index contributed by atoms with van der Waals surface area (Å²) >= 11 is 4.74. The topological polar surface area (TPSA) is 81.9 Å². The van der Waals surface area contributed by atoms with Gasteiger partial charge in [-0.25, -0.2) is 4.99 Å². The number of allylic oxidation sites excluding steroid dienone is 1. The van der Waals surface area contributed by atoms with Crippen LogP contribution in [0.5, 0.6) is 11.5 Å². The Balaban J connectivity index is 1.35. The number of hydrogen-bond donors (Lipinski definition) is 1. The van der Waals surface area contributed by atoms with E-state index in [0.29, 0.717) is 38.6 Å². The summed E-state index contributed by atoms with van der Waals surface area (Å²) in [5.74, 6) is 1.04. The van der Waals surface area contributed by atoms with Crippen molar-refractivity contribution in [3.05, 3.63) is 155 Å². The zero-order valence-electron chi connectivity index (χ0n) is 24.0. The van der Waals surface area contributed by atoms with Crippen LogP contribution in [0.25, 0.3) is 6.08 Å². The lowest BCUT2D eigenvalue weighted by Crippen LogP contribution is -2.40. The summed E-state index contributed by atoms with van der Waals surface area (Å²) in [7, 11) is 1.59. The van der Waals surface area contributed by atoms with Crippen molar-refractivity contribution in [3.63, 3.8) is 0 Å². The molecule has 0 radical (unpaired) electrons. The minimum atomic E-state index is -0.693. The van der Waals surface area contributed by atoms with E-state index in [1.54, 1.807) is 18.6 Å². The Morgan fingerprint density at radius 3 is 2.45 bits per heavy atom. The molecule has 0 bridgehead atoms. The van der Waals surface area contributed by atoms with Crippen LogP contribution in [0.4, 0.5) is 5.69 Å². The molecule has 5 aromatic rings. The van der Waals surface area contributed by atoms with Gasteiger partial charge in [-0.05, 0) is 78.2 Å². The number of fused-ring (bicyclic) bond motifs is 1. The fraction of sp³-hybridized carbons (Fsp3) is 0.114. The van der Waals surface area contributed by atoms with Crippen LogP contribution >= 0.6 is 27.3 Å². The van der Waals surface area contributed by atoms with E-state index in [0.717, 1.165) is 26.9 Å². The van der Waals surface area contributed by atoms with Gasteiger partial charge in [0.05, 0.1) is 29.0 Å². The van der Waals surface area contributed by atoms with E-state index in [4.69, 9.17) is 14.5 Å². The number of carbonyl (C=O) groups is 1. The average Bonchev–Trinajstić information content (AvgIpc) is 3.34. The number of hydrogen-bond acceptors (Lipinski definition) is 6. The second kappa shape index (κ2) is 12.9. The van der Waals surface area contributed by atoms with Gasteiger partial charge in [-0.2, -0.15) is 0 Å². The van der Waals surface area contributed by atoms with Crippen LogP contribution in [0.3, 0.4) is 0 Å². The third kappa shape index (κ3) is 6.29. The molecular weight excluding hydrogens is 638 g/mol. The van der Waals surface area contributed by atoms with Crippen LogP contribution in [0, 0.1) is 0 Å². The number of benzene rings is 4. The van der Waals surface area contributed by atoms with Crippen LogP contribution in [-0.4, -0.2) is 17.6 Å². The molecule has 0 fully saturated rings. The molecule has 0 spiro atoms. The van der Waals surface area contributed by atoms with E-state index in [9.17, 15) is 9.59 Å². The highest BCUT2D eigenvalue weighted by Crippen LogP contribution is 2.32. The molecule has 1 atom stereocenters. The number of aromatic nitrogens is 1. The van der Waals surface area contributed by atoms with Gasteiger partial charge in [-0.15, -0.1) is 0 Å². The zero-order valence-corrected chi connectivity index (χ0v) is 26.4.